The minimum Gasteiger partial charge on any atom is -0.370 e. The first-order chi connectivity index (χ1) is 9.00. The minimum absolute atomic E-state index is 0.132. The SMILES string of the molecule is COC1(C(=O)Cc2c(C)nn(C)c2Cl)CCCCC1. The molecule has 0 N–H and O–H groups in total. The summed E-state index contributed by atoms with van der Waals surface area (Å²) < 4.78 is 7.19. The lowest BCUT2D eigenvalue weighted by atomic mass is 9.79. The van der Waals surface area contributed by atoms with Crippen LogP contribution in [0.2, 0.25) is 5.15 Å². The molecule has 2 rings (SSSR count). The molecule has 0 atom stereocenters. The highest BCUT2D eigenvalue weighted by Gasteiger charge is 2.39. The Labute approximate surface area is 119 Å². The standard InChI is InChI=1S/C14H21ClN2O2/c1-10-11(13(15)17(2)16-10)9-12(18)14(19-3)7-5-4-6-8-14/h4-9H2,1-3H3. The third-order valence-electron chi connectivity index (χ3n) is 4.17. The average Bonchev–Trinajstić information content (AvgIpc) is 2.66. The predicted octanol–water partition coefficient (Wildman–Crippen LogP) is 2.84. The molecule has 1 aliphatic rings. The molecule has 1 aromatic heterocycles. The second-order valence-electron chi connectivity index (χ2n) is 5.34. The fourth-order valence-corrected chi connectivity index (χ4v) is 3.16. The van der Waals surface area contributed by atoms with Crippen molar-refractivity contribution in [3.05, 3.63) is 16.4 Å². The van der Waals surface area contributed by atoms with Crippen LogP contribution in [0, 0.1) is 6.92 Å². The number of aryl methyl sites for hydroxylation is 2. The summed E-state index contributed by atoms with van der Waals surface area (Å²) in [6.07, 6.45) is 5.24. The molecule has 0 spiro atoms. The summed E-state index contributed by atoms with van der Waals surface area (Å²) in [7, 11) is 3.43. The van der Waals surface area contributed by atoms with Crippen molar-refractivity contribution in [3.8, 4) is 0 Å². The van der Waals surface area contributed by atoms with E-state index in [2.05, 4.69) is 5.10 Å². The summed E-state index contributed by atoms with van der Waals surface area (Å²) >= 11 is 6.19. The normalized spacial score (nSPS) is 18.5. The number of aromatic nitrogens is 2. The summed E-state index contributed by atoms with van der Waals surface area (Å²) in [5.74, 6) is 0.132. The number of ether oxygens (including phenoxy) is 1. The van der Waals surface area contributed by atoms with Crippen LogP contribution in [0.4, 0.5) is 0 Å². The molecule has 106 valence electrons. The molecule has 1 saturated carbocycles. The Balaban J connectivity index is 2.19. The van der Waals surface area contributed by atoms with E-state index in [4.69, 9.17) is 16.3 Å². The number of methoxy groups -OCH3 is 1. The number of nitrogens with zero attached hydrogens (tertiary/aromatic N) is 2. The van der Waals surface area contributed by atoms with Gasteiger partial charge < -0.3 is 4.74 Å². The number of Topliss-reactive ketones (excluding diaryl/α,β-unsaturated/α-hetero) is 1. The molecule has 1 fully saturated rings. The molecule has 1 aromatic rings. The molecular formula is C14H21ClN2O2. The first-order valence-electron chi connectivity index (χ1n) is 6.76. The Kier molecular flexibility index (Phi) is 4.31. The fourth-order valence-electron chi connectivity index (χ4n) is 2.92. The summed E-state index contributed by atoms with van der Waals surface area (Å²) in [6.45, 7) is 1.88. The van der Waals surface area contributed by atoms with Crippen LogP contribution in [-0.4, -0.2) is 28.3 Å². The van der Waals surface area contributed by atoms with E-state index in [-0.39, 0.29) is 5.78 Å². The largest absolute Gasteiger partial charge is 0.370 e. The van der Waals surface area contributed by atoms with Gasteiger partial charge in [0.05, 0.1) is 5.69 Å². The Morgan fingerprint density at radius 3 is 2.53 bits per heavy atom. The number of carbonyl (C=O) groups excluding carboxylic acids is 1. The van der Waals surface area contributed by atoms with Crippen molar-refractivity contribution in [1.82, 2.24) is 9.78 Å². The Hall–Kier alpha value is -0.870. The van der Waals surface area contributed by atoms with E-state index in [1.165, 1.54) is 6.42 Å². The van der Waals surface area contributed by atoms with E-state index in [1.807, 2.05) is 6.92 Å². The van der Waals surface area contributed by atoms with E-state index >= 15 is 0 Å². The van der Waals surface area contributed by atoms with Crippen molar-refractivity contribution >= 4 is 17.4 Å². The van der Waals surface area contributed by atoms with Crippen LogP contribution in [0.25, 0.3) is 0 Å². The van der Waals surface area contributed by atoms with Crippen LogP contribution < -0.4 is 0 Å². The van der Waals surface area contributed by atoms with Gasteiger partial charge in [-0.25, -0.2) is 0 Å². The van der Waals surface area contributed by atoms with Crippen molar-refractivity contribution in [2.75, 3.05) is 7.11 Å². The third-order valence-corrected chi connectivity index (χ3v) is 4.64. The van der Waals surface area contributed by atoms with E-state index < -0.39 is 5.60 Å². The number of halogens is 1. The van der Waals surface area contributed by atoms with Gasteiger partial charge in [0, 0.05) is 26.1 Å². The molecule has 0 aliphatic heterocycles. The summed E-state index contributed by atoms with van der Waals surface area (Å²) in [5, 5.41) is 4.80. The lowest BCUT2D eigenvalue weighted by molar-refractivity contribution is -0.144. The third kappa shape index (κ3) is 2.70. The summed E-state index contributed by atoms with van der Waals surface area (Å²) in [4.78, 5) is 12.6. The van der Waals surface area contributed by atoms with Crippen LogP contribution >= 0.6 is 11.6 Å². The van der Waals surface area contributed by atoms with Crippen LogP contribution in [0.1, 0.15) is 43.4 Å². The Bertz CT molecular complexity index is 476. The van der Waals surface area contributed by atoms with Gasteiger partial charge in [-0.15, -0.1) is 0 Å². The highest BCUT2D eigenvalue weighted by atomic mass is 35.5. The van der Waals surface area contributed by atoms with Crippen LogP contribution in [0.3, 0.4) is 0 Å². The first-order valence-corrected chi connectivity index (χ1v) is 7.14. The van der Waals surface area contributed by atoms with Gasteiger partial charge >= 0.3 is 0 Å². The topological polar surface area (TPSA) is 44.1 Å². The number of hydrogen-bond donors (Lipinski definition) is 0. The maximum atomic E-state index is 12.6. The maximum absolute atomic E-state index is 12.6. The lowest BCUT2D eigenvalue weighted by Gasteiger charge is -2.34. The molecule has 0 saturated heterocycles. The van der Waals surface area contributed by atoms with Gasteiger partial charge in [-0.3, -0.25) is 9.48 Å². The monoisotopic (exact) mass is 284 g/mol. The van der Waals surface area contributed by atoms with Gasteiger partial charge in [0.1, 0.15) is 10.8 Å². The summed E-state index contributed by atoms with van der Waals surface area (Å²) in [6, 6.07) is 0. The van der Waals surface area contributed by atoms with Gasteiger partial charge in [-0.05, 0) is 19.8 Å². The molecule has 1 heterocycles. The highest BCUT2D eigenvalue weighted by molar-refractivity contribution is 6.30. The molecular weight excluding hydrogens is 264 g/mol. The number of carbonyl (C=O) groups is 1. The highest BCUT2D eigenvalue weighted by Crippen LogP contribution is 2.33. The van der Waals surface area contributed by atoms with Gasteiger partial charge in [0.15, 0.2) is 5.78 Å². The summed E-state index contributed by atoms with van der Waals surface area (Å²) in [5.41, 5.74) is 1.04. The predicted molar refractivity (Wildman–Crippen MR) is 74.5 cm³/mol. The quantitative estimate of drug-likeness (QED) is 0.854. The van der Waals surface area contributed by atoms with Gasteiger partial charge in [0.25, 0.3) is 0 Å². The number of rotatable bonds is 4. The first kappa shape index (κ1) is 14.5. The van der Waals surface area contributed by atoms with Crippen molar-refractivity contribution in [1.29, 1.82) is 0 Å². The van der Waals surface area contributed by atoms with E-state index in [0.717, 1.165) is 36.9 Å². The van der Waals surface area contributed by atoms with Gasteiger partial charge in [0.2, 0.25) is 0 Å². The van der Waals surface area contributed by atoms with Crippen LogP contribution in [0.5, 0.6) is 0 Å². The van der Waals surface area contributed by atoms with Gasteiger partial charge in [-0.2, -0.15) is 5.10 Å². The maximum Gasteiger partial charge on any atom is 0.169 e. The molecule has 1 aliphatic carbocycles. The second-order valence-corrected chi connectivity index (χ2v) is 5.70. The fraction of sp³-hybridized carbons (Fsp3) is 0.714. The molecule has 5 heteroatoms. The zero-order valence-corrected chi connectivity index (χ0v) is 12.6. The van der Waals surface area contributed by atoms with E-state index in [0.29, 0.717) is 11.6 Å². The van der Waals surface area contributed by atoms with Crippen LogP contribution in [0.15, 0.2) is 0 Å². The number of ketones is 1. The molecule has 4 nitrogen and oxygen atoms in total. The molecule has 0 unspecified atom stereocenters. The average molecular weight is 285 g/mol. The smallest absolute Gasteiger partial charge is 0.169 e. The molecule has 0 amide bonds. The van der Waals surface area contributed by atoms with Crippen molar-refractivity contribution < 1.29 is 9.53 Å². The molecule has 0 bridgehead atoms. The lowest BCUT2D eigenvalue weighted by Crippen LogP contribution is -2.43. The Morgan fingerprint density at radius 1 is 1.42 bits per heavy atom. The second kappa shape index (κ2) is 5.63. The molecule has 19 heavy (non-hydrogen) atoms. The van der Waals surface area contributed by atoms with Crippen molar-refractivity contribution in [2.45, 2.75) is 51.0 Å². The zero-order chi connectivity index (χ0) is 14.0. The van der Waals surface area contributed by atoms with E-state index in [9.17, 15) is 4.79 Å². The van der Waals surface area contributed by atoms with Gasteiger partial charge in [-0.1, -0.05) is 30.9 Å². The molecule has 0 radical (unpaired) electrons. The minimum atomic E-state index is -0.607. The molecule has 0 aromatic carbocycles. The van der Waals surface area contributed by atoms with Crippen molar-refractivity contribution in [3.63, 3.8) is 0 Å². The van der Waals surface area contributed by atoms with E-state index in [1.54, 1.807) is 18.8 Å². The zero-order valence-electron chi connectivity index (χ0n) is 11.8. The Morgan fingerprint density at radius 2 is 2.05 bits per heavy atom. The number of hydrogen-bond acceptors (Lipinski definition) is 3. The van der Waals surface area contributed by atoms with Crippen molar-refractivity contribution in [2.24, 2.45) is 7.05 Å². The van der Waals surface area contributed by atoms with Crippen LogP contribution in [-0.2, 0) is 23.0 Å².